The predicted molar refractivity (Wildman–Crippen MR) is 120 cm³/mol. The number of thiophene rings is 1. The first-order valence-electron chi connectivity index (χ1n) is 10.0. The van der Waals surface area contributed by atoms with Gasteiger partial charge >= 0.3 is 0 Å². The minimum absolute atomic E-state index is 0.158. The van der Waals surface area contributed by atoms with Crippen molar-refractivity contribution in [2.75, 3.05) is 38.7 Å². The highest BCUT2D eigenvalue weighted by Gasteiger charge is 2.21. The van der Waals surface area contributed by atoms with Crippen LogP contribution in [0.15, 0.2) is 42.5 Å². The van der Waals surface area contributed by atoms with Crippen molar-refractivity contribution in [3.05, 3.63) is 58.7 Å². The molecule has 0 bridgehead atoms. The Labute approximate surface area is 180 Å². The summed E-state index contributed by atoms with van der Waals surface area (Å²) in [4.78, 5) is 15.8. The Kier molecular flexibility index (Phi) is 7.79. The number of para-hydroxylation sites is 2. The number of carbonyl (C=O) groups is 1. The summed E-state index contributed by atoms with van der Waals surface area (Å²) in [5.74, 6) is -0.0454. The van der Waals surface area contributed by atoms with Gasteiger partial charge in [0.25, 0.3) is 5.91 Å². The van der Waals surface area contributed by atoms with E-state index >= 15 is 0 Å². The van der Waals surface area contributed by atoms with Gasteiger partial charge in [-0.3, -0.25) is 4.79 Å². The van der Waals surface area contributed by atoms with Gasteiger partial charge in [-0.05, 0) is 37.4 Å². The summed E-state index contributed by atoms with van der Waals surface area (Å²) >= 11 is 1.26. The van der Waals surface area contributed by atoms with Crippen LogP contribution in [0.5, 0.6) is 5.75 Å². The van der Waals surface area contributed by atoms with Gasteiger partial charge < -0.3 is 19.7 Å². The first-order chi connectivity index (χ1) is 14.6. The monoisotopic (exact) mass is 430 g/mol. The van der Waals surface area contributed by atoms with Crippen LogP contribution in [-0.4, -0.2) is 44.2 Å². The first-order valence-corrected chi connectivity index (χ1v) is 10.8. The molecule has 0 aliphatic carbocycles. The Morgan fingerprint density at radius 2 is 1.90 bits per heavy atom. The van der Waals surface area contributed by atoms with Crippen molar-refractivity contribution in [3.8, 4) is 5.75 Å². The standard InChI is InChI=1S/C23H27FN2O3S/c1-4-26(5-2)13-14-29-19-11-7-6-10-18(19)25-23(27)22-16(15-28-3)21-17(24)9-8-12-20(21)30-22/h6-12H,4-5,13-15H2,1-3H3,(H,25,27). The Morgan fingerprint density at radius 1 is 1.13 bits per heavy atom. The topological polar surface area (TPSA) is 50.8 Å². The van der Waals surface area contributed by atoms with E-state index in [1.807, 2.05) is 24.3 Å². The molecule has 0 aliphatic heterocycles. The van der Waals surface area contributed by atoms with E-state index in [0.717, 1.165) is 24.3 Å². The highest BCUT2D eigenvalue weighted by molar-refractivity contribution is 7.21. The smallest absolute Gasteiger partial charge is 0.266 e. The van der Waals surface area contributed by atoms with E-state index < -0.39 is 0 Å². The van der Waals surface area contributed by atoms with E-state index in [1.54, 1.807) is 12.1 Å². The molecule has 0 fully saturated rings. The number of fused-ring (bicyclic) bond motifs is 1. The molecule has 160 valence electrons. The van der Waals surface area contributed by atoms with Crippen LogP contribution in [0.4, 0.5) is 10.1 Å². The molecule has 1 N–H and O–H groups in total. The molecule has 1 aromatic heterocycles. The zero-order valence-corrected chi connectivity index (χ0v) is 18.4. The van der Waals surface area contributed by atoms with Gasteiger partial charge in [0.2, 0.25) is 0 Å². The van der Waals surface area contributed by atoms with Crippen molar-refractivity contribution < 1.29 is 18.7 Å². The van der Waals surface area contributed by atoms with Crippen LogP contribution < -0.4 is 10.1 Å². The predicted octanol–water partition coefficient (Wildman–Crippen LogP) is 5.16. The van der Waals surface area contributed by atoms with Crippen LogP contribution in [0.3, 0.4) is 0 Å². The van der Waals surface area contributed by atoms with Crippen molar-refractivity contribution in [2.45, 2.75) is 20.5 Å². The lowest BCUT2D eigenvalue weighted by molar-refractivity contribution is 0.102. The fourth-order valence-corrected chi connectivity index (χ4v) is 4.45. The second-order valence-electron chi connectivity index (χ2n) is 6.78. The van der Waals surface area contributed by atoms with E-state index in [2.05, 4.69) is 24.1 Å². The fraction of sp³-hybridized carbons (Fsp3) is 0.348. The molecule has 0 saturated heterocycles. The number of nitrogens with one attached hydrogen (secondary N) is 1. The second kappa shape index (κ2) is 10.5. The Hall–Kier alpha value is -2.48. The lowest BCUT2D eigenvalue weighted by Gasteiger charge is -2.19. The summed E-state index contributed by atoms with van der Waals surface area (Å²) < 4.78 is 26.3. The molecule has 0 spiro atoms. The summed E-state index contributed by atoms with van der Waals surface area (Å²) in [5.41, 5.74) is 1.15. The van der Waals surface area contributed by atoms with E-state index in [9.17, 15) is 9.18 Å². The molecule has 0 unspecified atom stereocenters. The lowest BCUT2D eigenvalue weighted by atomic mass is 10.1. The molecule has 3 rings (SSSR count). The van der Waals surface area contributed by atoms with Gasteiger partial charge in [-0.15, -0.1) is 11.3 Å². The van der Waals surface area contributed by atoms with E-state index in [1.165, 1.54) is 24.5 Å². The van der Waals surface area contributed by atoms with E-state index in [0.29, 0.717) is 33.9 Å². The van der Waals surface area contributed by atoms with Crippen LogP contribution in [0.1, 0.15) is 29.1 Å². The summed E-state index contributed by atoms with van der Waals surface area (Å²) in [6.07, 6.45) is 0. The number of likely N-dealkylation sites (N-methyl/N-ethyl adjacent to an activating group) is 1. The molecular formula is C23H27FN2O3S. The van der Waals surface area contributed by atoms with Crippen molar-refractivity contribution in [3.63, 3.8) is 0 Å². The van der Waals surface area contributed by atoms with E-state index in [4.69, 9.17) is 9.47 Å². The largest absolute Gasteiger partial charge is 0.490 e. The minimum Gasteiger partial charge on any atom is -0.490 e. The third kappa shape index (κ3) is 4.98. The van der Waals surface area contributed by atoms with E-state index in [-0.39, 0.29) is 18.3 Å². The summed E-state index contributed by atoms with van der Waals surface area (Å²) in [6.45, 7) is 7.64. The fourth-order valence-electron chi connectivity index (χ4n) is 3.33. The van der Waals surface area contributed by atoms with Gasteiger partial charge in [0.15, 0.2) is 0 Å². The average Bonchev–Trinajstić information content (AvgIpc) is 3.12. The van der Waals surface area contributed by atoms with Gasteiger partial charge in [0.1, 0.15) is 18.2 Å². The minimum atomic E-state index is -0.352. The zero-order chi connectivity index (χ0) is 21.5. The Balaban J connectivity index is 1.81. The van der Waals surface area contributed by atoms with Gasteiger partial charge in [-0.2, -0.15) is 0 Å². The maximum Gasteiger partial charge on any atom is 0.266 e. The van der Waals surface area contributed by atoms with Crippen LogP contribution in [0.25, 0.3) is 10.1 Å². The number of benzene rings is 2. The first kappa shape index (κ1) is 22.2. The molecule has 3 aromatic rings. The number of hydrogen-bond acceptors (Lipinski definition) is 5. The SMILES string of the molecule is CCN(CC)CCOc1ccccc1NC(=O)c1sc2cccc(F)c2c1COC. The number of anilines is 1. The summed E-state index contributed by atoms with van der Waals surface area (Å²) in [6, 6.07) is 12.2. The summed E-state index contributed by atoms with van der Waals surface area (Å²) in [7, 11) is 1.53. The van der Waals surface area contributed by atoms with Crippen molar-refractivity contribution >= 4 is 33.0 Å². The number of hydrogen-bond donors (Lipinski definition) is 1. The van der Waals surface area contributed by atoms with Gasteiger partial charge in [-0.25, -0.2) is 4.39 Å². The molecule has 0 atom stereocenters. The highest BCUT2D eigenvalue weighted by atomic mass is 32.1. The molecule has 1 heterocycles. The molecule has 2 aromatic carbocycles. The number of nitrogens with zero attached hydrogens (tertiary/aromatic N) is 1. The van der Waals surface area contributed by atoms with Crippen LogP contribution in [0.2, 0.25) is 0 Å². The van der Waals surface area contributed by atoms with Crippen LogP contribution in [0, 0.1) is 5.82 Å². The van der Waals surface area contributed by atoms with Crippen LogP contribution in [-0.2, 0) is 11.3 Å². The van der Waals surface area contributed by atoms with Gasteiger partial charge in [0.05, 0.1) is 17.2 Å². The second-order valence-corrected chi connectivity index (χ2v) is 7.83. The van der Waals surface area contributed by atoms with Crippen molar-refractivity contribution in [1.82, 2.24) is 4.90 Å². The number of halogens is 1. The number of amides is 1. The average molecular weight is 431 g/mol. The van der Waals surface area contributed by atoms with Gasteiger partial charge in [-0.1, -0.05) is 32.0 Å². The van der Waals surface area contributed by atoms with Gasteiger partial charge in [0, 0.05) is 29.3 Å². The third-order valence-corrected chi connectivity index (χ3v) is 6.15. The van der Waals surface area contributed by atoms with Crippen molar-refractivity contribution in [1.29, 1.82) is 0 Å². The molecule has 30 heavy (non-hydrogen) atoms. The quantitative estimate of drug-likeness (QED) is 0.483. The Bertz CT molecular complexity index is 1000. The molecule has 1 amide bonds. The molecular weight excluding hydrogens is 403 g/mol. The Morgan fingerprint density at radius 3 is 2.63 bits per heavy atom. The summed E-state index contributed by atoms with van der Waals surface area (Å²) in [5, 5.41) is 3.37. The number of methoxy groups -OCH3 is 1. The maximum absolute atomic E-state index is 14.4. The molecule has 0 saturated carbocycles. The van der Waals surface area contributed by atoms with Crippen molar-refractivity contribution in [2.24, 2.45) is 0 Å². The molecule has 0 radical (unpaired) electrons. The number of rotatable bonds is 10. The zero-order valence-electron chi connectivity index (χ0n) is 17.5. The molecule has 0 aliphatic rings. The maximum atomic E-state index is 14.4. The van der Waals surface area contributed by atoms with Crippen LogP contribution >= 0.6 is 11.3 Å². The normalized spacial score (nSPS) is 11.2. The molecule has 7 heteroatoms. The number of carbonyl (C=O) groups excluding carboxylic acids is 1. The highest BCUT2D eigenvalue weighted by Crippen LogP contribution is 2.35. The number of ether oxygens (including phenoxy) is 2. The molecule has 5 nitrogen and oxygen atoms in total. The third-order valence-electron chi connectivity index (χ3n) is 4.95. The lowest BCUT2D eigenvalue weighted by Crippen LogP contribution is -2.28.